The second kappa shape index (κ2) is 9.25. The van der Waals surface area contributed by atoms with E-state index < -0.39 is 16.2 Å². The summed E-state index contributed by atoms with van der Waals surface area (Å²) in [4.78, 5) is 16.9. The molecule has 10 nitrogen and oxygen atoms in total. The maximum atomic E-state index is 12.7. The number of esters is 1. The topological polar surface area (TPSA) is 124 Å². The highest BCUT2D eigenvalue weighted by Gasteiger charge is 2.29. The summed E-state index contributed by atoms with van der Waals surface area (Å²) in [5, 5.41) is 3.82. The number of rotatable bonds is 7. The minimum Gasteiger partial charge on any atom is -0.497 e. The van der Waals surface area contributed by atoms with Crippen molar-refractivity contribution in [3.63, 3.8) is 0 Å². The van der Waals surface area contributed by atoms with Crippen molar-refractivity contribution in [3.8, 4) is 17.2 Å². The highest BCUT2D eigenvalue weighted by Crippen LogP contribution is 2.23. The minimum atomic E-state index is -3.95. The van der Waals surface area contributed by atoms with Gasteiger partial charge >= 0.3 is 16.2 Å². The third kappa shape index (κ3) is 5.09. The molecule has 1 aliphatic heterocycles. The van der Waals surface area contributed by atoms with Gasteiger partial charge in [-0.15, -0.1) is 4.40 Å². The fourth-order valence-corrected chi connectivity index (χ4v) is 4.16. The molecule has 33 heavy (non-hydrogen) atoms. The van der Waals surface area contributed by atoms with Crippen LogP contribution >= 0.6 is 0 Å². The largest absolute Gasteiger partial charge is 0.497 e. The van der Waals surface area contributed by atoms with Gasteiger partial charge in [-0.1, -0.05) is 41.6 Å². The highest BCUT2D eigenvalue weighted by molar-refractivity contribution is 7.88. The van der Waals surface area contributed by atoms with Gasteiger partial charge in [0.15, 0.2) is 6.61 Å². The first-order chi connectivity index (χ1) is 15.9. The first-order valence-electron chi connectivity index (χ1n) is 9.84. The molecule has 2 aromatic carbocycles. The molecule has 1 aliphatic rings. The molecule has 0 bridgehead atoms. The van der Waals surface area contributed by atoms with Crippen molar-refractivity contribution in [3.05, 3.63) is 77.8 Å². The molecule has 3 aromatic rings. The summed E-state index contributed by atoms with van der Waals surface area (Å²) >= 11 is 0. The molecule has 0 saturated heterocycles. The number of carbonyl (C=O) groups excluding carboxylic acids is 1. The van der Waals surface area contributed by atoms with Crippen molar-refractivity contribution in [2.45, 2.75) is 20.1 Å². The van der Waals surface area contributed by atoms with Gasteiger partial charge in [0, 0.05) is 11.8 Å². The van der Waals surface area contributed by atoms with Gasteiger partial charge in [-0.3, -0.25) is 4.31 Å². The maximum absolute atomic E-state index is 12.7. The predicted molar refractivity (Wildman–Crippen MR) is 118 cm³/mol. The van der Waals surface area contributed by atoms with Crippen molar-refractivity contribution in [2.75, 3.05) is 7.11 Å². The molecule has 0 fully saturated rings. The summed E-state index contributed by atoms with van der Waals surface area (Å²) in [7, 11) is -2.40. The van der Waals surface area contributed by atoms with Gasteiger partial charge in [-0.2, -0.15) is 13.4 Å². The minimum absolute atomic E-state index is 0.0253. The van der Waals surface area contributed by atoms with Crippen LogP contribution in [0.4, 0.5) is 0 Å². The van der Waals surface area contributed by atoms with Crippen LogP contribution in [-0.2, 0) is 32.9 Å². The summed E-state index contributed by atoms with van der Waals surface area (Å²) in [5.41, 5.74) is 1.46. The highest BCUT2D eigenvalue weighted by atomic mass is 32.2. The Morgan fingerprint density at radius 2 is 1.91 bits per heavy atom. The fraction of sp³-hybridized carbons (Fsp3) is 0.182. The molecule has 0 N–H and O–H groups in total. The second-order valence-corrected chi connectivity index (χ2v) is 8.60. The molecule has 0 radical (unpaired) electrons. The predicted octanol–water partition coefficient (Wildman–Crippen LogP) is 2.89. The van der Waals surface area contributed by atoms with E-state index in [1.54, 1.807) is 55.6 Å². The van der Waals surface area contributed by atoms with Crippen LogP contribution in [0.2, 0.25) is 0 Å². The Hall–Kier alpha value is -3.99. The van der Waals surface area contributed by atoms with E-state index in [-0.39, 0.29) is 36.2 Å². The zero-order valence-corrected chi connectivity index (χ0v) is 18.7. The summed E-state index contributed by atoms with van der Waals surface area (Å²) in [6.07, 6.45) is 1.23. The number of nitrogens with zero attached hydrogens (tertiary/aromatic N) is 4. The molecule has 0 spiro atoms. The summed E-state index contributed by atoms with van der Waals surface area (Å²) < 4.78 is 45.2. The summed E-state index contributed by atoms with van der Waals surface area (Å²) in [6.45, 7) is 1.20. The molecular formula is C22H20N4O6S. The standard InChI is InChI=1S/C22H20N4O6S/c1-15-19(13-26(33(28,29)25-15)12-16-7-4-3-5-8-16)22(27)31-14-20-23-21(32-24-20)17-9-6-10-18(11-17)30-2/h3-11,13H,12,14H2,1-2H3. The fourth-order valence-electron chi connectivity index (χ4n) is 3.06. The molecule has 0 atom stereocenters. The monoisotopic (exact) mass is 468 g/mol. The third-order valence-corrected chi connectivity index (χ3v) is 6.06. The Kier molecular flexibility index (Phi) is 6.22. The summed E-state index contributed by atoms with van der Waals surface area (Å²) in [5.74, 6) is 0.278. The Labute approximate surface area is 190 Å². The zero-order chi connectivity index (χ0) is 23.4. The molecule has 0 amide bonds. The van der Waals surface area contributed by atoms with Crippen molar-refractivity contribution >= 4 is 21.9 Å². The van der Waals surface area contributed by atoms with Crippen molar-refractivity contribution in [2.24, 2.45) is 4.40 Å². The quantitative estimate of drug-likeness (QED) is 0.485. The van der Waals surface area contributed by atoms with E-state index >= 15 is 0 Å². The molecular weight excluding hydrogens is 448 g/mol. The van der Waals surface area contributed by atoms with Crippen LogP contribution in [0.25, 0.3) is 11.5 Å². The van der Waals surface area contributed by atoms with Gasteiger partial charge in [0.25, 0.3) is 5.89 Å². The van der Waals surface area contributed by atoms with Gasteiger partial charge in [0.2, 0.25) is 5.82 Å². The van der Waals surface area contributed by atoms with Crippen LogP contribution in [0.1, 0.15) is 18.3 Å². The van der Waals surface area contributed by atoms with Gasteiger partial charge in [-0.25, -0.2) is 4.79 Å². The van der Waals surface area contributed by atoms with Gasteiger partial charge in [-0.05, 0) is 30.7 Å². The first kappa shape index (κ1) is 22.2. The van der Waals surface area contributed by atoms with Crippen molar-refractivity contribution in [1.29, 1.82) is 0 Å². The van der Waals surface area contributed by atoms with E-state index in [0.29, 0.717) is 11.3 Å². The third-order valence-electron chi connectivity index (χ3n) is 4.73. The van der Waals surface area contributed by atoms with E-state index in [0.717, 1.165) is 9.87 Å². The SMILES string of the molecule is COc1cccc(-c2nc(COC(=O)C3=CN(Cc4ccccc4)S(=O)(=O)N=C3C)no2)c1. The van der Waals surface area contributed by atoms with Crippen molar-refractivity contribution in [1.82, 2.24) is 14.4 Å². The number of aromatic nitrogens is 2. The van der Waals surface area contributed by atoms with Gasteiger partial charge < -0.3 is 14.0 Å². The maximum Gasteiger partial charge on any atom is 0.344 e. The lowest BCUT2D eigenvalue weighted by atomic mass is 10.2. The molecule has 1 aromatic heterocycles. The molecule has 170 valence electrons. The number of hydrogen-bond acceptors (Lipinski definition) is 8. The van der Waals surface area contributed by atoms with E-state index in [2.05, 4.69) is 14.5 Å². The van der Waals surface area contributed by atoms with Gasteiger partial charge in [0.1, 0.15) is 5.75 Å². The number of ether oxygens (including phenoxy) is 2. The Bertz CT molecular complexity index is 1330. The normalized spacial score (nSPS) is 14.9. The van der Waals surface area contributed by atoms with Crippen LogP contribution < -0.4 is 4.74 Å². The summed E-state index contributed by atoms with van der Waals surface area (Å²) in [6, 6.07) is 16.1. The van der Waals surface area contributed by atoms with E-state index in [9.17, 15) is 13.2 Å². The van der Waals surface area contributed by atoms with Gasteiger partial charge in [0.05, 0.1) is 24.9 Å². The number of methoxy groups -OCH3 is 1. The molecule has 0 unspecified atom stereocenters. The lowest BCUT2D eigenvalue weighted by molar-refractivity contribution is -0.140. The average molecular weight is 468 g/mol. The molecule has 11 heteroatoms. The zero-order valence-electron chi connectivity index (χ0n) is 17.8. The average Bonchev–Trinajstić information content (AvgIpc) is 3.29. The van der Waals surface area contributed by atoms with Crippen LogP contribution in [0.5, 0.6) is 5.75 Å². The number of benzene rings is 2. The Balaban J connectivity index is 1.46. The number of carbonyl (C=O) groups is 1. The molecule has 0 saturated carbocycles. The molecule has 2 heterocycles. The van der Waals surface area contributed by atoms with Crippen LogP contribution in [0.3, 0.4) is 0 Å². The second-order valence-electron chi connectivity index (χ2n) is 7.05. The van der Waals surface area contributed by atoms with Crippen LogP contribution in [-0.4, -0.2) is 41.7 Å². The van der Waals surface area contributed by atoms with Crippen LogP contribution in [0.15, 0.2) is 75.3 Å². The van der Waals surface area contributed by atoms with E-state index in [1.165, 1.54) is 13.1 Å². The van der Waals surface area contributed by atoms with E-state index in [1.807, 2.05) is 6.07 Å². The molecule has 0 aliphatic carbocycles. The molecule has 4 rings (SSSR count). The lowest BCUT2D eigenvalue weighted by Gasteiger charge is -2.23. The lowest BCUT2D eigenvalue weighted by Crippen LogP contribution is -2.31. The Morgan fingerprint density at radius 3 is 2.67 bits per heavy atom. The number of hydrogen-bond donors (Lipinski definition) is 0. The van der Waals surface area contributed by atoms with Crippen molar-refractivity contribution < 1.29 is 27.2 Å². The van der Waals surface area contributed by atoms with E-state index in [4.69, 9.17) is 14.0 Å². The first-order valence-corrected chi connectivity index (χ1v) is 11.2. The smallest absolute Gasteiger partial charge is 0.344 e. The van der Waals surface area contributed by atoms with Crippen LogP contribution in [0, 0.1) is 0 Å². The Morgan fingerprint density at radius 1 is 1.12 bits per heavy atom.